The van der Waals surface area contributed by atoms with E-state index in [1.165, 1.54) is 11.3 Å². The summed E-state index contributed by atoms with van der Waals surface area (Å²) < 4.78 is 27.4. The van der Waals surface area contributed by atoms with Crippen molar-refractivity contribution < 1.29 is 17.7 Å². The highest BCUT2D eigenvalue weighted by Crippen LogP contribution is 2.25. The molecule has 0 saturated heterocycles. The maximum absolute atomic E-state index is 12.2. The van der Waals surface area contributed by atoms with Gasteiger partial charge in [0.05, 0.1) is 10.6 Å². The molecule has 2 aromatic heterocycles. The zero-order chi connectivity index (χ0) is 17.2. The topological polar surface area (TPSA) is 115 Å². The summed E-state index contributed by atoms with van der Waals surface area (Å²) in [7, 11) is -3.64. The average molecular weight is 363 g/mol. The molecule has 0 radical (unpaired) electrons. The fourth-order valence-electron chi connectivity index (χ4n) is 2.08. The Hall–Kier alpha value is -2.49. The molecule has 3 N–H and O–H groups in total. The molecule has 1 amide bonds. The van der Waals surface area contributed by atoms with Crippen molar-refractivity contribution in [1.29, 1.82) is 0 Å². The summed E-state index contributed by atoms with van der Waals surface area (Å²) in [5, 5.41) is 13.3. The lowest BCUT2D eigenvalue weighted by atomic mass is 10.2. The first-order chi connectivity index (χ1) is 11.4. The molecular weight excluding hydrogens is 350 g/mol. The van der Waals surface area contributed by atoms with Gasteiger partial charge in [0.1, 0.15) is 0 Å². The van der Waals surface area contributed by atoms with Crippen molar-refractivity contribution in [3.8, 4) is 10.6 Å². The van der Waals surface area contributed by atoms with Crippen LogP contribution >= 0.6 is 11.3 Å². The quantitative estimate of drug-likeness (QED) is 0.722. The molecule has 7 nitrogen and oxygen atoms in total. The van der Waals surface area contributed by atoms with Crippen molar-refractivity contribution in [2.24, 2.45) is 5.14 Å². The number of amides is 1. The van der Waals surface area contributed by atoms with Gasteiger partial charge in [0.25, 0.3) is 5.91 Å². The third-order valence-electron chi connectivity index (χ3n) is 3.06. The Kier molecular flexibility index (Phi) is 4.47. The van der Waals surface area contributed by atoms with Crippen molar-refractivity contribution in [2.45, 2.75) is 5.75 Å². The Morgan fingerprint density at radius 3 is 2.79 bits per heavy atom. The van der Waals surface area contributed by atoms with Crippen LogP contribution in [-0.4, -0.2) is 19.5 Å². The van der Waals surface area contributed by atoms with Crippen LogP contribution in [-0.2, 0) is 15.8 Å². The van der Waals surface area contributed by atoms with E-state index in [1.54, 1.807) is 30.3 Å². The number of carbonyl (C=O) groups excluding carboxylic acids is 1. The van der Waals surface area contributed by atoms with Crippen molar-refractivity contribution in [2.75, 3.05) is 5.32 Å². The van der Waals surface area contributed by atoms with Gasteiger partial charge in [-0.05, 0) is 29.1 Å². The molecule has 124 valence electrons. The number of rotatable bonds is 5. The molecule has 9 heteroatoms. The van der Waals surface area contributed by atoms with E-state index in [0.29, 0.717) is 17.0 Å². The number of benzene rings is 1. The van der Waals surface area contributed by atoms with Gasteiger partial charge in [0, 0.05) is 11.8 Å². The van der Waals surface area contributed by atoms with E-state index in [0.717, 1.165) is 4.88 Å². The van der Waals surface area contributed by atoms with Crippen LogP contribution in [0.4, 0.5) is 5.69 Å². The summed E-state index contributed by atoms with van der Waals surface area (Å²) in [6.07, 6.45) is 0. The second kappa shape index (κ2) is 6.56. The van der Waals surface area contributed by atoms with E-state index in [9.17, 15) is 13.2 Å². The molecule has 24 heavy (non-hydrogen) atoms. The first kappa shape index (κ1) is 16.4. The van der Waals surface area contributed by atoms with Gasteiger partial charge in [-0.15, -0.1) is 11.3 Å². The highest BCUT2D eigenvalue weighted by Gasteiger charge is 2.15. The Balaban J connectivity index is 1.74. The first-order valence-corrected chi connectivity index (χ1v) is 9.41. The number of nitrogens with zero attached hydrogens (tertiary/aromatic N) is 1. The largest absolute Gasteiger partial charge is 0.355 e. The van der Waals surface area contributed by atoms with Gasteiger partial charge in [0.2, 0.25) is 10.0 Å². The highest BCUT2D eigenvalue weighted by molar-refractivity contribution is 7.88. The summed E-state index contributed by atoms with van der Waals surface area (Å²) in [5.74, 6) is -0.240. The molecule has 0 aliphatic rings. The van der Waals surface area contributed by atoms with Gasteiger partial charge < -0.3 is 9.84 Å². The molecule has 0 spiro atoms. The van der Waals surface area contributed by atoms with Crippen LogP contribution in [0.5, 0.6) is 0 Å². The van der Waals surface area contributed by atoms with Crippen molar-refractivity contribution in [1.82, 2.24) is 5.16 Å². The molecule has 0 aliphatic carbocycles. The van der Waals surface area contributed by atoms with Gasteiger partial charge >= 0.3 is 0 Å². The summed E-state index contributed by atoms with van der Waals surface area (Å²) in [4.78, 5) is 13.1. The second-order valence-electron chi connectivity index (χ2n) is 5.02. The molecular formula is C15H13N3O4S2. The summed E-state index contributed by atoms with van der Waals surface area (Å²) >= 11 is 1.48. The maximum atomic E-state index is 12.2. The number of thiophene rings is 1. The third-order valence-corrected chi connectivity index (χ3v) is 4.68. The molecule has 3 aromatic rings. The predicted molar refractivity (Wildman–Crippen MR) is 91.0 cm³/mol. The molecule has 0 unspecified atom stereocenters. The number of hydrogen-bond acceptors (Lipinski definition) is 6. The van der Waals surface area contributed by atoms with Crippen LogP contribution in [0.1, 0.15) is 16.1 Å². The number of hydrogen-bond donors (Lipinski definition) is 2. The fourth-order valence-corrected chi connectivity index (χ4v) is 3.40. The lowest BCUT2D eigenvalue weighted by Crippen LogP contribution is -2.15. The van der Waals surface area contributed by atoms with Gasteiger partial charge in [0.15, 0.2) is 11.5 Å². The van der Waals surface area contributed by atoms with Crippen LogP contribution in [0.25, 0.3) is 10.6 Å². The molecule has 1 aromatic carbocycles. The molecule has 2 heterocycles. The van der Waals surface area contributed by atoms with Crippen LogP contribution in [0, 0.1) is 0 Å². The predicted octanol–water partition coefficient (Wildman–Crippen LogP) is 2.44. The third kappa shape index (κ3) is 4.07. The number of primary sulfonamides is 1. The molecule has 0 saturated carbocycles. The molecule has 0 atom stereocenters. The first-order valence-electron chi connectivity index (χ1n) is 6.82. The minimum atomic E-state index is -3.64. The molecule has 3 rings (SSSR count). The standard InChI is InChI=1S/C15H13N3O4S2/c16-24(20,21)9-10-3-1-4-11(7-10)17-15(19)12-8-13(22-18-12)14-5-2-6-23-14/h1-8H,9H2,(H,17,19)(H2,16,20,21). The van der Waals surface area contributed by atoms with E-state index in [1.807, 2.05) is 17.5 Å². The number of anilines is 1. The smallest absolute Gasteiger partial charge is 0.277 e. The summed E-state index contributed by atoms with van der Waals surface area (Å²) in [5.41, 5.74) is 1.06. The van der Waals surface area contributed by atoms with Gasteiger partial charge in [-0.2, -0.15) is 0 Å². The number of nitrogens with one attached hydrogen (secondary N) is 1. The van der Waals surface area contributed by atoms with Gasteiger partial charge in [-0.1, -0.05) is 23.4 Å². The van der Waals surface area contributed by atoms with E-state index < -0.39 is 15.9 Å². The Morgan fingerprint density at radius 2 is 2.08 bits per heavy atom. The molecule has 0 aliphatic heterocycles. The van der Waals surface area contributed by atoms with Gasteiger partial charge in [-0.25, -0.2) is 13.6 Å². The van der Waals surface area contributed by atoms with E-state index in [-0.39, 0.29) is 11.4 Å². The fraction of sp³-hybridized carbons (Fsp3) is 0.0667. The maximum Gasteiger partial charge on any atom is 0.277 e. The van der Waals surface area contributed by atoms with Crippen molar-refractivity contribution in [3.63, 3.8) is 0 Å². The van der Waals surface area contributed by atoms with E-state index >= 15 is 0 Å². The second-order valence-corrected chi connectivity index (χ2v) is 7.58. The SMILES string of the molecule is NS(=O)(=O)Cc1cccc(NC(=O)c2cc(-c3cccs3)on2)c1. The lowest BCUT2D eigenvalue weighted by molar-refractivity contribution is 0.101. The van der Waals surface area contributed by atoms with E-state index in [2.05, 4.69) is 10.5 Å². The van der Waals surface area contributed by atoms with E-state index in [4.69, 9.17) is 9.66 Å². The minimum absolute atomic E-state index is 0.134. The minimum Gasteiger partial charge on any atom is -0.355 e. The van der Waals surface area contributed by atoms with Crippen molar-refractivity contribution in [3.05, 3.63) is 59.1 Å². The van der Waals surface area contributed by atoms with Crippen LogP contribution in [0.2, 0.25) is 0 Å². The monoisotopic (exact) mass is 363 g/mol. The Bertz CT molecular complexity index is 962. The Morgan fingerprint density at radius 1 is 1.25 bits per heavy atom. The summed E-state index contributed by atoms with van der Waals surface area (Å²) in [6.45, 7) is 0. The number of carbonyl (C=O) groups is 1. The highest BCUT2D eigenvalue weighted by atomic mass is 32.2. The summed E-state index contributed by atoms with van der Waals surface area (Å²) in [6, 6.07) is 11.7. The zero-order valence-corrected chi connectivity index (χ0v) is 13.9. The normalized spacial score (nSPS) is 11.4. The van der Waals surface area contributed by atoms with Crippen LogP contribution < -0.4 is 10.5 Å². The lowest BCUT2D eigenvalue weighted by Gasteiger charge is -2.05. The number of nitrogens with two attached hydrogens (primary N) is 1. The van der Waals surface area contributed by atoms with Crippen molar-refractivity contribution >= 4 is 33.0 Å². The van der Waals surface area contributed by atoms with Crippen LogP contribution in [0.3, 0.4) is 0 Å². The average Bonchev–Trinajstić information content (AvgIpc) is 3.17. The molecule has 0 bridgehead atoms. The van der Waals surface area contributed by atoms with Gasteiger partial charge in [-0.3, -0.25) is 4.79 Å². The number of aromatic nitrogens is 1. The zero-order valence-electron chi connectivity index (χ0n) is 12.3. The van der Waals surface area contributed by atoms with Crippen LogP contribution in [0.15, 0.2) is 52.4 Å². The number of sulfonamides is 1. The molecule has 0 fully saturated rings. The Labute approximate surface area is 142 Å².